The van der Waals surface area contributed by atoms with E-state index in [1.54, 1.807) is 20.8 Å². The molecule has 3 fully saturated rings. The lowest BCUT2D eigenvalue weighted by Crippen LogP contribution is -2.86. The number of methoxy groups -OCH3 is 1. The molecule has 1 heterocycles. The van der Waals surface area contributed by atoms with Gasteiger partial charge < -0.3 is 39.0 Å². The van der Waals surface area contributed by atoms with E-state index in [1.165, 1.54) is 34.0 Å². The molecule has 0 aromatic carbocycles. The molecule has 9 atom stereocenters. The van der Waals surface area contributed by atoms with Gasteiger partial charge in [0.25, 0.3) is 6.48 Å². The highest BCUT2D eigenvalue weighted by Gasteiger charge is 2.81. The van der Waals surface area contributed by atoms with Crippen molar-refractivity contribution in [3.05, 3.63) is 12.7 Å². The molecule has 0 spiro atoms. The van der Waals surface area contributed by atoms with Gasteiger partial charge in [0.05, 0.1) is 17.8 Å². The van der Waals surface area contributed by atoms with Crippen molar-refractivity contribution in [2.24, 2.45) is 16.7 Å². The summed E-state index contributed by atoms with van der Waals surface area (Å²) in [5.74, 6) is -2.28. The number of carbonyl (C=O) groups is 2. The van der Waals surface area contributed by atoms with Gasteiger partial charge in [-0.1, -0.05) is 26.8 Å². The number of Topliss-reactive ketones (excluding diaryl/α,β-unsaturated/α-hetero) is 1. The van der Waals surface area contributed by atoms with Crippen LogP contribution in [0.15, 0.2) is 12.7 Å². The maximum absolute atomic E-state index is 14.0. The molecule has 0 radical (unpaired) electrons. The van der Waals surface area contributed by atoms with Crippen LogP contribution < -0.4 is 0 Å². The van der Waals surface area contributed by atoms with Crippen molar-refractivity contribution in [2.45, 2.75) is 122 Å². The number of fused-ring (bicyclic) bond motifs is 3. The third kappa shape index (κ3) is 4.36. The summed E-state index contributed by atoms with van der Waals surface area (Å²) in [6.45, 7) is 16.1. The number of esters is 1. The minimum absolute atomic E-state index is 0.201. The van der Waals surface area contributed by atoms with Crippen LogP contribution in [0.3, 0.4) is 0 Å². The number of ether oxygens (including phenoxy) is 5. The minimum Gasteiger partial charge on any atom is -0.454 e. The summed E-state index contributed by atoms with van der Waals surface area (Å²) < 4.78 is 28.6. The number of rotatable bonds is 8. The zero-order chi connectivity index (χ0) is 29.1. The summed E-state index contributed by atoms with van der Waals surface area (Å²) in [7, 11) is 1.36. The fraction of sp³-hybridized carbons (Fsp3) is 0.857. The highest BCUT2D eigenvalue weighted by molar-refractivity contribution is 5.92. The number of aliphatic hydroxyl groups excluding tert-OH is 2. The van der Waals surface area contributed by atoms with Crippen molar-refractivity contribution < 1.29 is 48.6 Å². The summed E-state index contributed by atoms with van der Waals surface area (Å²) in [5, 5.41) is 35.8. The van der Waals surface area contributed by atoms with Crippen LogP contribution in [0.1, 0.15) is 74.7 Å². The Morgan fingerprint density at radius 3 is 2.37 bits per heavy atom. The van der Waals surface area contributed by atoms with Crippen LogP contribution in [0.4, 0.5) is 0 Å². The lowest BCUT2D eigenvalue weighted by molar-refractivity contribution is -0.373. The topological polar surface area (TPSA) is 141 Å². The second kappa shape index (κ2) is 9.90. The van der Waals surface area contributed by atoms with Crippen molar-refractivity contribution >= 4 is 11.8 Å². The average molecular weight is 543 g/mol. The molecule has 2 saturated carbocycles. The SMILES string of the molecule is C=C[C@@]1(C)CC(=O)[C@]2(O)[C@@]3(C)[C@@H](O)CCC(C)(C)[C@@H]3[C@H](O)[C@H](OC(=O)C(C)(C)OC(OC)OCC)[C@@]2(C)O1. The monoisotopic (exact) mass is 542 g/mol. The van der Waals surface area contributed by atoms with E-state index in [0.717, 1.165) is 0 Å². The molecule has 218 valence electrons. The maximum atomic E-state index is 14.0. The van der Waals surface area contributed by atoms with Gasteiger partial charge in [-0.15, -0.1) is 6.58 Å². The number of hydrogen-bond donors (Lipinski definition) is 3. The van der Waals surface area contributed by atoms with Crippen molar-refractivity contribution in [1.29, 1.82) is 0 Å². The van der Waals surface area contributed by atoms with Crippen molar-refractivity contribution in [3.63, 3.8) is 0 Å². The highest BCUT2D eigenvalue weighted by Crippen LogP contribution is 2.67. The average Bonchev–Trinajstić information content (AvgIpc) is 2.81. The predicted octanol–water partition coefficient (Wildman–Crippen LogP) is 2.26. The molecular weight excluding hydrogens is 496 g/mol. The lowest BCUT2D eigenvalue weighted by atomic mass is 9.40. The second-order valence-electron chi connectivity index (χ2n) is 12.8. The molecule has 1 aliphatic heterocycles. The Labute approximate surface area is 225 Å². The van der Waals surface area contributed by atoms with E-state index in [9.17, 15) is 24.9 Å². The van der Waals surface area contributed by atoms with E-state index in [2.05, 4.69) is 6.58 Å². The fourth-order valence-electron chi connectivity index (χ4n) is 7.31. The van der Waals surface area contributed by atoms with Crippen molar-refractivity contribution in [3.8, 4) is 0 Å². The normalized spacial score (nSPS) is 43.5. The van der Waals surface area contributed by atoms with Crippen LogP contribution >= 0.6 is 0 Å². The first kappa shape index (κ1) is 31.1. The molecule has 1 unspecified atom stereocenters. The van der Waals surface area contributed by atoms with E-state index in [4.69, 9.17) is 23.7 Å². The largest absolute Gasteiger partial charge is 0.454 e. The van der Waals surface area contributed by atoms with Gasteiger partial charge in [0, 0.05) is 31.5 Å². The number of ketones is 1. The Bertz CT molecular complexity index is 948. The Morgan fingerprint density at radius 1 is 1.24 bits per heavy atom. The van der Waals surface area contributed by atoms with E-state index in [-0.39, 0.29) is 13.0 Å². The third-order valence-electron chi connectivity index (χ3n) is 9.34. The Morgan fingerprint density at radius 2 is 1.84 bits per heavy atom. The maximum Gasteiger partial charge on any atom is 0.338 e. The van der Waals surface area contributed by atoms with E-state index in [0.29, 0.717) is 12.8 Å². The smallest absolute Gasteiger partial charge is 0.338 e. The van der Waals surface area contributed by atoms with Crippen LogP contribution in [-0.2, 0) is 33.3 Å². The summed E-state index contributed by atoms with van der Waals surface area (Å²) >= 11 is 0. The number of aliphatic hydroxyl groups is 3. The van der Waals surface area contributed by atoms with E-state index < -0.39 is 75.7 Å². The summed E-state index contributed by atoms with van der Waals surface area (Å²) in [6, 6.07) is 0. The number of hydrogen-bond acceptors (Lipinski definition) is 10. The fourth-order valence-corrected chi connectivity index (χ4v) is 7.31. The summed E-state index contributed by atoms with van der Waals surface area (Å²) in [6.07, 6.45) is -1.93. The molecule has 10 nitrogen and oxygen atoms in total. The van der Waals surface area contributed by atoms with Gasteiger partial charge in [0.2, 0.25) is 0 Å². The zero-order valence-electron chi connectivity index (χ0n) is 24.2. The van der Waals surface area contributed by atoms with Crippen LogP contribution in [0.2, 0.25) is 0 Å². The second-order valence-corrected chi connectivity index (χ2v) is 12.8. The summed E-state index contributed by atoms with van der Waals surface area (Å²) in [5.41, 5.74) is -9.21. The van der Waals surface area contributed by atoms with Gasteiger partial charge in [-0.3, -0.25) is 4.79 Å². The lowest BCUT2D eigenvalue weighted by Gasteiger charge is -2.71. The standard InChI is InChI=1S/C28H46O10/c1-11-25(7)15-17(30)28(33)26(8)16(29)13-14-23(3,4)19(26)18(31)20(27(28,9)38-25)36-21(32)24(5,6)37-22(34-10)35-12-2/h11,16,18-20,22,29,31,33H,1,12-15H2,2-10H3/t16-,18-,19-,20-,22?,25-,26-,27+,28-/m0/s1. The molecule has 3 aliphatic rings. The van der Waals surface area contributed by atoms with Gasteiger partial charge in [0.1, 0.15) is 5.60 Å². The molecule has 1 saturated heterocycles. The van der Waals surface area contributed by atoms with Crippen LogP contribution in [-0.4, -0.2) is 88.0 Å². The first-order valence-corrected chi connectivity index (χ1v) is 13.3. The molecule has 0 aromatic heterocycles. The molecule has 10 heteroatoms. The predicted molar refractivity (Wildman–Crippen MR) is 137 cm³/mol. The molecular formula is C28H46O10. The number of carbonyl (C=O) groups excluding carboxylic acids is 2. The Balaban J connectivity index is 2.17. The van der Waals surface area contributed by atoms with Crippen molar-refractivity contribution in [1.82, 2.24) is 0 Å². The van der Waals surface area contributed by atoms with Crippen LogP contribution in [0.5, 0.6) is 0 Å². The van der Waals surface area contributed by atoms with Gasteiger partial charge in [-0.25, -0.2) is 4.79 Å². The minimum atomic E-state index is -2.31. The molecule has 38 heavy (non-hydrogen) atoms. The molecule has 0 aromatic rings. The van der Waals surface area contributed by atoms with E-state index in [1.807, 2.05) is 13.8 Å². The van der Waals surface area contributed by atoms with Gasteiger partial charge in [-0.2, -0.15) is 0 Å². The van der Waals surface area contributed by atoms with Crippen LogP contribution in [0.25, 0.3) is 0 Å². The molecule has 3 N–H and O–H groups in total. The van der Waals surface area contributed by atoms with Gasteiger partial charge in [0.15, 0.2) is 23.1 Å². The highest BCUT2D eigenvalue weighted by atomic mass is 16.8. The van der Waals surface area contributed by atoms with E-state index >= 15 is 0 Å². The quantitative estimate of drug-likeness (QED) is 0.238. The third-order valence-corrected chi connectivity index (χ3v) is 9.34. The van der Waals surface area contributed by atoms with Gasteiger partial charge in [-0.05, 0) is 52.9 Å². The Hall–Kier alpha value is -1.40. The van der Waals surface area contributed by atoms with Crippen molar-refractivity contribution in [2.75, 3.05) is 13.7 Å². The summed E-state index contributed by atoms with van der Waals surface area (Å²) in [4.78, 5) is 27.5. The molecule has 3 rings (SSSR count). The molecule has 2 aliphatic carbocycles. The molecule has 0 bridgehead atoms. The van der Waals surface area contributed by atoms with Gasteiger partial charge >= 0.3 is 5.97 Å². The zero-order valence-corrected chi connectivity index (χ0v) is 24.2. The first-order chi connectivity index (χ1) is 17.3. The first-order valence-electron chi connectivity index (χ1n) is 13.3. The molecule has 0 amide bonds. The Kier molecular flexibility index (Phi) is 8.11. The van der Waals surface area contributed by atoms with Crippen LogP contribution in [0, 0.1) is 16.7 Å².